The molecular formula is C13H31N3. The first-order chi connectivity index (χ1) is 6.87. The van der Waals surface area contributed by atoms with E-state index in [-0.39, 0.29) is 16.6 Å². The Morgan fingerprint density at radius 2 is 1.31 bits per heavy atom. The maximum absolute atomic E-state index is 6.12. The van der Waals surface area contributed by atoms with Crippen molar-refractivity contribution in [2.45, 2.75) is 71.5 Å². The van der Waals surface area contributed by atoms with Gasteiger partial charge in [-0.25, -0.2) is 0 Å². The molecule has 0 saturated heterocycles. The van der Waals surface area contributed by atoms with Gasteiger partial charge in [-0.2, -0.15) is 0 Å². The summed E-state index contributed by atoms with van der Waals surface area (Å²) in [5, 5.41) is 0. The molecule has 3 heteroatoms. The molecule has 0 amide bonds. The van der Waals surface area contributed by atoms with E-state index >= 15 is 0 Å². The molecule has 0 radical (unpaired) electrons. The fourth-order valence-corrected chi connectivity index (χ4v) is 2.47. The molecule has 0 aliphatic rings. The van der Waals surface area contributed by atoms with Crippen molar-refractivity contribution in [2.75, 3.05) is 13.1 Å². The molecule has 0 aliphatic heterocycles. The highest BCUT2D eigenvalue weighted by Crippen LogP contribution is 2.25. The SMILES string of the molecule is CCN(CC(C)(C)N)C(C)(C)CC(C)(C)N. The minimum Gasteiger partial charge on any atom is -0.325 e. The molecule has 16 heavy (non-hydrogen) atoms. The summed E-state index contributed by atoms with van der Waals surface area (Å²) in [4.78, 5) is 2.42. The Morgan fingerprint density at radius 3 is 1.56 bits per heavy atom. The van der Waals surface area contributed by atoms with Gasteiger partial charge >= 0.3 is 0 Å². The molecule has 0 aromatic carbocycles. The predicted octanol–water partition coefficient (Wildman–Crippen LogP) is 1.95. The number of nitrogens with two attached hydrogens (primary N) is 2. The average molecular weight is 229 g/mol. The second-order valence-corrected chi connectivity index (χ2v) is 6.98. The second-order valence-electron chi connectivity index (χ2n) is 6.98. The number of hydrogen-bond donors (Lipinski definition) is 2. The molecule has 0 spiro atoms. The summed E-state index contributed by atoms with van der Waals surface area (Å²) in [6.45, 7) is 16.9. The molecule has 0 unspecified atom stereocenters. The number of rotatable bonds is 6. The lowest BCUT2D eigenvalue weighted by Gasteiger charge is -2.44. The smallest absolute Gasteiger partial charge is 0.0226 e. The summed E-state index contributed by atoms with van der Waals surface area (Å²) in [6, 6.07) is 0. The Labute approximate surface area is 102 Å². The van der Waals surface area contributed by atoms with E-state index in [1.807, 2.05) is 0 Å². The van der Waals surface area contributed by atoms with Gasteiger partial charge in [0.15, 0.2) is 0 Å². The van der Waals surface area contributed by atoms with Crippen molar-refractivity contribution < 1.29 is 0 Å². The first-order valence-electron chi connectivity index (χ1n) is 6.20. The molecule has 4 N–H and O–H groups in total. The van der Waals surface area contributed by atoms with Crippen LogP contribution in [0, 0.1) is 0 Å². The predicted molar refractivity (Wildman–Crippen MR) is 72.5 cm³/mol. The number of nitrogens with zero attached hydrogens (tertiary/aromatic N) is 1. The van der Waals surface area contributed by atoms with Crippen molar-refractivity contribution in [2.24, 2.45) is 11.5 Å². The average Bonchev–Trinajstić information content (AvgIpc) is 1.93. The molecule has 0 aliphatic carbocycles. The van der Waals surface area contributed by atoms with Crippen molar-refractivity contribution >= 4 is 0 Å². The fraction of sp³-hybridized carbons (Fsp3) is 1.00. The van der Waals surface area contributed by atoms with Gasteiger partial charge < -0.3 is 11.5 Å². The zero-order valence-corrected chi connectivity index (χ0v) is 12.2. The summed E-state index contributed by atoms with van der Waals surface area (Å²) < 4.78 is 0. The van der Waals surface area contributed by atoms with Crippen LogP contribution in [0.2, 0.25) is 0 Å². The summed E-state index contributed by atoms with van der Waals surface area (Å²) in [5.74, 6) is 0. The van der Waals surface area contributed by atoms with Crippen molar-refractivity contribution in [1.82, 2.24) is 4.90 Å². The standard InChI is InChI=1S/C13H31N3/c1-8-16(10-12(4,5)15)13(6,7)9-11(2,3)14/h8-10,14-15H2,1-7H3. The van der Waals surface area contributed by atoms with E-state index < -0.39 is 0 Å². The van der Waals surface area contributed by atoms with E-state index in [4.69, 9.17) is 11.5 Å². The number of hydrogen-bond acceptors (Lipinski definition) is 3. The second kappa shape index (κ2) is 5.03. The van der Waals surface area contributed by atoms with Crippen LogP contribution in [0.25, 0.3) is 0 Å². The number of likely N-dealkylation sites (N-methyl/N-ethyl adjacent to an activating group) is 1. The van der Waals surface area contributed by atoms with Crippen LogP contribution in [0.15, 0.2) is 0 Å². The third-order valence-electron chi connectivity index (χ3n) is 2.72. The van der Waals surface area contributed by atoms with E-state index in [1.54, 1.807) is 0 Å². The van der Waals surface area contributed by atoms with Gasteiger partial charge in [0, 0.05) is 23.2 Å². The molecule has 98 valence electrons. The zero-order chi connectivity index (χ0) is 13.2. The van der Waals surface area contributed by atoms with Gasteiger partial charge in [0.1, 0.15) is 0 Å². The van der Waals surface area contributed by atoms with Crippen molar-refractivity contribution in [1.29, 1.82) is 0 Å². The van der Waals surface area contributed by atoms with Gasteiger partial charge in [-0.05, 0) is 54.5 Å². The highest BCUT2D eigenvalue weighted by Gasteiger charge is 2.32. The van der Waals surface area contributed by atoms with E-state index in [2.05, 4.69) is 53.4 Å². The molecule has 0 fully saturated rings. The van der Waals surface area contributed by atoms with Crippen LogP contribution in [-0.2, 0) is 0 Å². The molecule has 0 rings (SSSR count). The fourth-order valence-electron chi connectivity index (χ4n) is 2.47. The Morgan fingerprint density at radius 1 is 0.875 bits per heavy atom. The molecular weight excluding hydrogens is 198 g/mol. The summed E-state index contributed by atoms with van der Waals surface area (Å²) in [5.41, 5.74) is 12.0. The Hall–Kier alpha value is -0.120. The zero-order valence-electron chi connectivity index (χ0n) is 12.2. The largest absolute Gasteiger partial charge is 0.325 e. The lowest BCUT2D eigenvalue weighted by atomic mass is 9.85. The van der Waals surface area contributed by atoms with Crippen LogP contribution in [0.1, 0.15) is 54.9 Å². The van der Waals surface area contributed by atoms with Gasteiger partial charge in [-0.15, -0.1) is 0 Å². The minimum absolute atomic E-state index is 0.0869. The quantitative estimate of drug-likeness (QED) is 0.732. The first kappa shape index (κ1) is 15.9. The van der Waals surface area contributed by atoms with E-state index in [0.29, 0.717) is 0 Å². The Kier molecular flexibility index (Phi) is 4.99. The minimum atomic E-state index is -0.161. The Bertz CT molecular complexity index is 208. The monoisotopic (exact) mass is 229 g/mol. The Balaban J connectivity index is 4.67. The highest BCUT2D eigenvalue weighted by atomic mass is 15.2. The van der Waals surface area contributed by atoms with Crippen LogP contribution >= 0.6 is 0 Å². The van der Waals surface area contributed by atoms with Crippen LogP contribution in [-0.4, -0.2) is 34.6 Å². The van der Waals surface area contributed by atoms with Gasteiger partial charge in [0.05, 0.1) is 0 Å². The molecule has 3 nitrogen and oxygen atoms in total. The lowest BCUT2D eigenvalue weighted by Crippen LogP contribution is -2.56. The van der Waals surface area contributed by atoms with Gasteiger partial charge in [0.2, 0.25) is 0 Å². The summed E-state index contributed by atoms with van der Waals surface area (Å²) >= 11 is 0. The van der Waals surface area contributed by atoms with Gasteiger partial charge in [-0.3, -0.25) is 4.90 Å². The van der Waals surface area contributed by atoms with Crippen molar-refractivity contribution in [3.63, 3.8) is 0 Å². The van der Waals surface area contributed by atoms with Crippen LogP contribution in [0.5, 0.6) is 0 Å². The topological polar surface area (TPSA) is 55.3 Å². The summed E-state index contributed by atoms with van der Waals surface area (Å²) in [6.07, 6.45) is 0.962. The van der Waals surface area contributed by atoms with E-state index in [9.17, 15) is 0 Å². The molecule has 0 atom stereocenters. The van der Waals surface area contributed by atoms with Gasteiger partial charge in [0.25, 0.3) is 0 Å². The molecule has 0 bridgehead atoms. The third-order valence-corrected chi connectivity index (χ3v) is 2.72. The molecule has 0 heterocycles. The summed E-state index contributed by atoms with van der Waals surface area (Å²) in [7, 11) is 0. The van der Waals surface area contributed by atoms with Crippen LogP contribution in [0.3, 0.4) is 0 Å². The maximum atomic E-state index is 6.12. The highest BCUT2D eigenvalue weighted by molar-refractivity contribution is 4.92. The van der Waals surface area contributed by atoms with E-state index in [0.717, 1.165) is 19.5 Å². The molecule has 0 saturated carbocycles. The van der Waals surface area contributed by atoms with Crippen LogP contribution < -0.4 is 11.5 Å². The molecule has 0 aromatic heterocycles. The first-order valence-corrected chi connectivity index (χ1v) is 6.20. The van der Waals surface area contributed by atoms with Gasteiger partial charge in [-0.1, -0.05) is 6.92 Å². The van der Waals surface area contributed by atoms with Crippen molar-refractivity contribution in [3.05, 3.63) is 0 Å². The van der Waals surface area contributed by atoms with Crippen molar-refractivity contribution in [3.8, 4) is 0 Å². The van der Waals surface area contributed by atoms with Crippen LogP contribution in [0.4, 0.5) is 0 Å². The maximum Gasteiger partial charge on any atom is 0.0226 e. The van der Waals surface area contributed by atoms with E-state index in [1.165, 1.54) is 0 Å². The normalized spacial score (nSPS) is 14.6. The molecule has 0 aromatic rings. The lowest BCUT2D eigenvalue weighted by molar-refractivity contribution is 0.0786. The third kappa shape index (κ3) is 6.46.